The highest BCUT2D eigenvalue weighted by atomic mass is 16.5. The van der Waals surface area contributed by atoms with Crippen molar-refractivity contribution in [1.29, 1.82) is 0 Å². The fraction of sp³-hybridized carbons (Fsp3) is 0.647. The summed E-state index contributed by atoms with van der Waals surface area (Å²) in [6.45, 7) is 5.28. The summed E-state index contributed by atoms with van der Waals surface area (Å²) in [5, 5.41) is 3.68. The van der Waals surface area contributed by atoms with Crippen molar-refractivity contribution in [3.05, 3.63) is 35.4 Å². The lowest BCUT2D eigenvalue weighted by molar-refractivity contribution is 0.0546. The summed E-state index contributed by atoms with van der Waals surface area (Å²) in [6.07, 6.45) is 3.62. The minimum absolute atomic E-state index is 0.592. The first-order valence-corrected chi connectivity index (χ1v) is 7.87. The first kappa shape index (κ1) is 14.1. The lowest BCUT2D eigenvalue weighted by Gasteiger charge is -2.32. The molecule has 1 fully saturated rings. The molecule has 0 bridgehead atoms. The van der Waals surface area contributed by atoms with Crippen LogP contribution in [-0.4, -0.2) is 44.3 Å². The predicted octanol–water partition coefficient (Wildman–Crippen LogP) is 2.06. The topological polar surface area (TPSA) is 24.5 Å². The molecular weight excluding hydrogens is 248 g/mol. The molecule has 0 spiro atoms. The molecule has 0 aliphatic carbocycles. The summed E-state index contributed by atoms with van der Waals surface area (Å²) in [7, 11) is 2.26. The van der Waals surface area contributed by atoms with Crippen LogP contribution in [0, 0.1) is 5.92 Å². The van der Waals surface area contributed by atoms with Crippen LogP contribution in [0.3, 0.4) is 0 Å². The summed E-state index contributed by atoms with van der Waals surface area (Å²) >= 11 is 0. The lowest BCUT2D eigenvalue weighted by Crippen LogP contribution is -2.44. The third-order valence-electron chi connectivity index (χ3n) is 4.61. The van der Waals surface area contributed by atoms with Crippen molar-refractivity contribution in [1.82, 2.24) is 10.2 Å². The summed E-state index contributed by atoms with van der Waals surface area (Å²) in [6, 6.07) is 9.41. The minimum atomic E-state index is 0.592. The second-order valence-corrected chi connectivity index (χ2v) is 6.33. The Morgan fingerprint density at radius 3 is 2.70 bits per heavy atom. The quantitative estimate of drug-likeness (QED) is 0.909. The maximum absolute atomic E-state index is 5.44. The molecule has 0 aromatic heterocycles. The SMILES string of the molecule is CN(CC1CCOCC1)CC1Cc2ccccc2CN1. The Morgan fingerprint density at radius 2 is 1.90 bits per heavy atom. The highest BCUT2D eigenvalue weighted by molar-refractivity contribution is 5.29. The first-order valence-electron chi connectivity index (χ1n) is 7.87. The molecule has 1 saturated heterocycles. The third kappa shape index (κ3) is 3.60. The standard InChI is InChI=1S/C17H26N2O/c1-19(12-14-6-8-20-9-7-14)13-17-10-15-4-2-3-5-16(15)11-18-17/h2-5,14,17-18H,6-13H2,1H3. The molecule has 2 aliphatic rings. The van der Waals surface area contributed by atoms with E-state index in [1.165, 1.54) is 30.5 Å². The van der Waals surface area contributed by atoms with Crippen LogP contribution in [0.4, 0.5) is 0 Å². The molecule has 1 atom stereocenters. The van der Waals surface area contributed by atoms with Gasteiger partial charge in [0.2, 0.25) is 0 Å². The molecular formula is C17H26N2O. The van der Waals surface area contributed by atoms with Gasteiger partial charge in [0.1, 0.15) is 0 Å². The molecule has 3 rings (SSSR count). The number of nitrogens with zero attached hydrogens (tertiary/aromatic N) is 1. The maximum atomic E-state index is 5.44. The van der Waals surface area contributed by atoms with Gasteiger partial charge in [-0.2, -0.15) is 0 Å². The van der Waals surface area contributed by atoms with Crippen molar-refractivity contribution in [2.24, 2.45) is 5.92 Å². The molecule has 3 nitrogen and oxygen atoms in total. The van der Waals surface area contributed by atoms with Gasteiger partial charge in [0.05, 0.1) is 0 Å². The summed E-state index contributed by atoms with van der Waals surface area (Å²) < 4.78 is 5.44. The van der Waals surface area contributed by atoms with Crippen molar-refractivity contribution >= 4 is 0 Å². The van der Waals surface area contributed by atoms with Gasteiger partial charge in [0.25, 0.3) is 0 Å². The molecule has 0 radical (unpaired) electrons. The predicted molar refractivity (Wildman–Crippen MR) is 81.8 cm³/mol. The van der Waals surface area contributed by atoms with Crippen LogP contribution in [0.1, 0.15) is 24.0 Å². The van der Waals surface area contributed by atoms with Crippen LogP contribution >= 0.6 is 0 Å². The van der Waals surface area contributed by atoms with E-state index in [2.05, 4.69) is 41.5 Å². The Kier molecular flexibility index (Phi) is 4.71. The Balaban J connectivity index is 1.48. The molecule has 1 unspecified atom stereocenters. The van der Waals surface area contributed by atoms with Gasteiger partial charge in [-0.25, -0.2) is 0 Å². The van der Waals surface area contributed by atoms with Crippen LogP contribution < -0.4 is 5.32 Å². The van der Waals surface area contributed by atoms with E-state index >= 15 is 0 Å². The average Bonchev–Trinajstić information content (AvgIpc) is 2.48. The Bertz CT molecular complexity index is 429. The number of rotatable bonds is 4. The first-order chi connectivity index (χ1) is 9.81. The monoisotopic (exact) mass is 274 g/mol. The van der Waals surface area contributed by atoms with E-state index in [1.807, 2.05) is 0 Å². The smallest absolute Gasteiger partial charge is 0.0469 e. The zero-order valence-electron chi connectivity index (χ0n) is 12.5. The number of nitrogens with one attached hydrogen (secondary N) is 1. The second-order valence-electron chi connectivity index (χ2n) is 6.33. The van der Waals surface area contributed by atoms with E-state index in [0.29, 0.717) is 6.04 Å². The molecule has 2 aliphatic heterocycles. The van der Waals surface area contributed by atoms with Gasteiger partial charge < -0.3 is 15.0 Å². The van der Waals surface area contributed by atoms with Crippen molar-refractivity contribution in [2.45, 2.75) is 31.8 Å². The highest BCUT2D eigenvalue weighted by Crippen LogP contribution is 2.18. The van der Waals surface area contributed by atoms with Crippen molar-refractivity contribution in [2.75, 3.05) is 33.4 Å². The average molecular weight is 274 g/mol. The van der Waals surface area contributed by atoms with Gasteiger partial charge in [-0.1, -0.05) is 24.3 Å². The largest absolute Gasteiger partial charge is 0.381 e. The number of ether oxygens (including phenoxy) is 1. The molecule has 1 aromatic rings. The Hall–Kier alpha value is -0.900. The molecule has 110 valence electrons. The van der Waals surface area contributed by atoms with Gasteiger partial charge in [-0.05, 0) is 43.4 Å². The molecule has 2 heterocycles. The van der Waals surface area contributed by atoms with Gasteiger partial charge in [-0.3, -0.25) is 0 Å². The van der Waals surface area contributed by atoms with E-state index in [1.54, 1.807) is 0 Å². The summed E-state index contributed by atoms with van der Waals surface area (Å²) in [5.41, 5.74) is 2.99. The molecule has 1 N–H and O–H groups in total. The maximum Gasteiger partial charge on any atom is 0.0469 e. The van der Waals surface area contributed by atoms with Gasteiger partial charge in [-0.15, -0.1) is 0 Å². The lowest BCUT2D eigenvalue weighted by atomic mass is 9.95. The zero-order chi connectivity index (χ0) is 13.8. The number of hydrogen-bond donors (Lipinski definition) is 1. The fourth-order valence-electron chi connectivity index (χ4n) is 3.47. The van der Waals surface area contributed by atoms with E-state index in [-0.39, 0.29) is 0 Å². The number of fused-ring (bicyclic) bond motifs is 1. The Labute approximate surface area is 122 Å². The van der Waals surface area contributed by atoms with Crippen molar-refractivity contribution in [3.8, 4) is 0 Å². The second kappa shape index (κ2) is 6.70. The van der Waals surface area contributed by atoms with Crippen LogP contribution in [0.2, 0.25) is 0 Å². The zero-order valence-corrected chi connectivity index (χ0v) is 12.5. The van der Waals surface area contributed by atoms with Crippen molar-refractivity contribution in [3.63, 3.8) is 0 Å². The van der Waals surface area contributed by atoms with Gasteiger partial charge >= 0.3 is 0 Å². The minimum Gasteiger partial charge on any atom is -0.381 e. The fourth-order valence-corrected chi connectivity index (χ4v) is 3.47. The van der Waals surface area contributed by atoms with Gasteiger partial charge in [0.15, 0.2) is 0 Å². The van der Waals surface area contributed by atoms with Crippen molar-refractivity contribution < 1.29 is 4.74 Å². The molecule has 1 aromatic carbocycles. The highest BCUT2D eigenvalue weighted by Gasteiger charge is 2.21. The summed E-state index contributed by atoms with van der Waals surface area (Å²) in [5.74, 6) is 0.824. The molecule has 3 heteroatoms. The van der Waals surface area contributed by atoms with E-state index in [9.17, 15) is 0 Å². The van der Waals surface area contributed by atoms with Crippen LogP contribution in [-0.2, 0) is 17.7 Å². The number of likely N-dealkylation sites (N-methyl/N-ethyl adjacent to an activating group) is 1. The van der Waals surface area contributed by atoms with E-state index in [0.717, 1.165) is 38.6 Å². The molecule has 0 amide bonds. The third-order valence-corrected chi connectivity index (χ3v) is 4.61. The number of benzene rings is 1. The summed E-state index contributed by atoms with van der Waals surface area (Å²) in [4.78, 5) is 2.50. The molecule has 0 saturated carbocycles. The van der Waals surface area contributed by atoms with Crippen LogP contribution in [0.25, 0.3) is 0 Å². The van der Waals surface area contributed by atoms with Crippen LogP contribution in [0.5, 0.6) is 0 Å². The van der Waals surface area contributed by atoms with Gasteiger partial charge in [0, 0.05) is 38.9 Å². The van der Waals surface area contributed by atoms with E-state index < -0.39 is 0 Å². The molecule has 20 heavy (non-hydrogen) atoms. The van der Waals surface area contributed by atoms with E-state index in [4.69, 9.17) is 4.74 Å². The Morgan fingerprint density at radius 1 is 1.15 bits per heavy atom. The van der Waals surface area contributed by atoms with Crippen LogP contribution in [0.15, 0.2) is 24.3 Å². The number of hydrogen-bond acceptors (Lipinski definition) is 3. The normalized spacial score (nSPS) is 23.8.